The van der Waals surface area contributed by atoms with Gasteiger partial charge in [-0.25, -0.2) is 4.98 Å². The highest BCUT2D eigenvalue weighted by molar-refractivity contribution is 5.94. The van der Waals surface area contributed by atoms with Crippen LogP contribution in [0.15, 0.2) is 30.6 Å². The van der Waals surface area contributed by atoms with Crippen molar-refractivity contribution in [3.8, 4) is 5.75 Å². The molecule has 1 aromatic carbocycles. The monoisotopic (exact) mass is 380 g/mol. The van der Waals surface area contributed by atoms with Gasteiger partial charge in [-0.05, 0) is 49.9 Å². The molecule has 3 heterocycles. The first-order chi connectivity index (χ1) is 13.6. The number of aromatic hydroxyl groups is 1. The maximum atomic E-state index is 13.0. The molecule has 0 unspecified atom stereocenters. The first kappa shape index (κ1) is 17.3. The fraction of sp³-hybridized carbons (Fsp3) is 0.476. The summed E-state index contributed by atoms with van der Waals surface area (Å²) >= 11 is 0. The molecular weight excluding hydrogens is 356 g/mol. The van der Waals surface area contributed by atoms with Crippen LogP contribution in [-0.2, 0) is 16.8 Å². The normalized spacial score (nSPS) is 20.9. The van der Waals surface area contributed by atoms with Gasteiger partial charge >= 0.3 is 0 Å². The molecule has 7 nitrogen and oxygen atoms in total. The largest absolute Gasteiger partial charge is 0.508 e. The molecule has 2 aromatic rings. The molecule has 0 radical (unpaired) electrons. The van der Waals surface area contributed by atoms with Gasteiger partial charge in [0.15, 0.2) is 0 Å². The molecule has 0 bridgehead atoms. The summed E-state index contributed by atoms with van der Waals surface area (Å²) in [5.74, 6) is 0.547. The maximum absolute atomic E-state index is 13.0. The lowest BCUT2D eigenvalue weighted by atomic mass is 9.78. The van der Waals surface area contributed by atoms with Crippen LogP contribution in [0.5, 0.6) is 5.75 Å². The van der Waals surface area contributed by atoms with Gasteiger partial charge in [-0.3, -0.25) is 9.59 Å². The van der Waals surface area contributed by atoms with Gasteiger partial charge in [0.1, 0.15) is 5.75 Å². The van der Waals surface area contributed by atoms with E-state index in [0.717, 1.165) is 37.2 Å². The lowest BCUT2D eigenvalue weighted by molar-refractivity contribution is -0.143. The van der Waals surface area contributed by atoms with Crippen molar-refractivity contribution in [3.63, 3.8) is 0 Å². The van der Waals surface area contributed by atoms with Gasteiger partial charge in [0.25, 0.3) is 5.91 Å². The van der Waals surface area contributed by atoms with E-state index in [9.17, 15) is 14.7 Å². The molecule has 5 rings (SSSR count). The predicted octanol–water partition coefficient (Wildman–Crippen LogP) is 2.04. The van der Waals surface area contributed by atoms with Crippen LogP contribution >= 0.6 is 0 Å². The highest BCUT2D eigenvalue weighted by Crippen LogP contribution is 2.45. The van der Waals surface area contributed by atoms with Gasteiger partial charge in [-0.2, -0.15) is 0 Å². The number of likely N-dealkylation sites (tertiary alicyclic amines) is 1. The number of amides is 2. The second kappa shape index (κ2) is 6.36. The minimum Gasteiger partial charge on any atom is -0.508 e. The van der Waals surface area contributed by atoms with Crippen molar-refractivity contribution in [2.75, 3.05) is 19.6 Å². The average Bonchev–Trinajstić information content (AvgIpc) is 3.45. The van der Waals surface area contributed by atoms with Gasteiger partial charge in [-0.1, -0.05) is 0 Å². The van der Waals surface area contributed by atoms with E-state index >= 15 is 0 Å². The van der Waals surface area contributed by atoms with Crippen LogP contribution in [0.2, 0.25) is 0 Å². The number of piperidine rings is 1. The third-order valence-electron chi connectivity index (χ3n) is 6.45. The van der Waals surface area contributed by atoms with Crippen LogP contribution in [0.1, 0.15) is 47.4 Å². The van der Waals surface area contributed by atoms with Crippen molar-refractivity contribution in [2.45, 2.75) is 37.6 Å². The van der Waals surface area contributed by atoms with E-state index in [2.05, 4.69) is 14.9 Å². The zero-order valence-corrected chi connectivity index (χ0v) is 15.7. The Bertz CT molecular complexity index is 908. The second-order valence-corrected chi connectivity index (χ2v) is 8.11. The zero-order chi connectivity index (χ0) is 19.3. The molecule has 1 aliphatic carbocycles. The SMILES string of the molecule is O=C(c1ccc(O)cc1)N1CCC2(CC1)c1nc[nH]c1CCN2C(=O)C1CC1. The molecule has 2 N–H and O–H groups in total. The molecule has 1 spiro atoms. The van der Waals surface area contributed by atoms with E-state index in [-0.39, 0.29) is 23.5 Å². The number of benzene rings is 1. The Hall–Kier alpha value is -2.83. The number of nitrogens with zero attached hydrogens (tertiary/aromatic N) is 3. The molecule has 1 saturated heterocycles. The van der Waals surface area contributed by atoms with Crippen LogP contribution < -0.4 is 0 Å². The summed E-state index contributed by atoms with van der Waals surface area (Å²) in [4.78, 5) is 37.6. The minimum atomic E-state index is -0.404. The van der Waals surface area contributed by atoms with Crippen molar-refractivity contribution in [2.24, 2.45) is 5.92 Å². The fourth-order valence-corrected chi connectivity index (χ4v) is 4.72. The van der Waals surface area contributed by atoms with E-state index in [0.29, 0.717) is 31.5 Å². The number of aromatic amines is 1. The summed E-state index contributed by atoms with van der Waals surface area (Å²) in [5.41, 5.74) is 2.28. The van der Waals surface area contributed by atoms with Crippen LogP contribution in [0.4, 0.5) is 0 Å². The Kier molecular flexibility index (Phi) is 3.92. The number of imidazole rings is 1. The number of carbonyl (C=O) groups excluding carboxylic acids is 2. The Balaban J connectivity index is 1.40. The molecule has 2 fully saturated rings. The molecule has 1 saturated carbocycles. The zero-order valence-electron chi connectivity index (χ0n) is 15.7. The number of hydrogen-bond acceptors (Lipinski definition) is 4. The molecule has 7 heteroatoms. The number of hydrogen-bond donors (Lipinski definition) is 2. The number of nitrogens with one attached hydrogen (secondary N) is 1. The number of fused-ring (bicyclic) bond motifs is 2. The average molecular weight is 380 g/mol. The molecule has 28 heavy (non-hydrogen) atoms. The summed E-state index contributed by atoms with van der Waals surface area (Å²) in [7, 11) is 0. The highest BCUT2D eigenvalue weighted by atomic mass is 16.3. The van der Waals surface area contributed by atoms with Crippen molar-refractivity contribution in [3.05, 3.63) is 47.5 Å². The van der Waals surface area contributed by atoms with E-state index in [4.69, 9.17) is 0 Å². The summed E-state index contributed by atoms with van der Waals surface area (Å²) in [5, 5.41) is 9.45. The van der Waals surface area contributed by atoms with Crippen LogP contribution in [0, 0.1) is 5.92 Å². The van der Waals surface area contributed by atoms with Crippen molar-refractivity contribution in [1.82, 2.24) is 19.8 Å². The van der Waals surface area contributed by atoms with Gasteiger partial charge < -0.3 is 19.9 Å². The lowest BCUT2D eigenvalue weighted by Gasteiger charge is -2.50. The molecule has 0 atom stereocenters. The standard InChI is InChI=1S/C21H24N4O3/c26-16-5-3-14(4-6-16)19(27)24-11-8-21(9-12-24)18-17(22-13-23-18)7-10-25(21)20(28)15-1-2-15/h3-6,13,15,26H,1-2,7-12H2,(H,22,23). The molecule has 2 amide bonds. The van der Waals surface area contributed by atoms with Gasteiger partial charge in [0.05, 0.1) is 17.6 Å². The Labute approximate surface area is 163 Å². The summed E-state index contributed by atoms with van der Waals surface area (Å²) in [6.45, 7) is 1.89. The number of rotatable bonds is 2. The van der Waals surface area contributed by atoms with E-state index < -0.39 is 5.54 Å². The number of carbonyl (C=O) groups is 2. The van der Waals surface area contributed by atoms with Crippen molar-refractivity contribution >= 4 is 11.8 Å². The van der Waals surface area contributed by atoms with Gasteiger partial charge in [0.2, 0.25) is 5.91 Å². The predicted molar refractivity (Wildman–Crippen MR) is 102 cm³/mol. The number of phenols is 1. The number of aromatic nitrogens is 2. The van der Waals surface area contributed by atoms with E-state index in [1.807, 2.05) is 4.90 Å². The Morgan fingerprint density at radius 2 is 1.82 bits per heavy atom. The summed E-state index contributed by atoms with van der Waals surface area (Å²) < 4.78 is 0. The van der Waals surface area contributed by atoms with Crippen LogP contribution in [-0.4, -0.2) is 56.3 Å². The molecule has 2 aliphatic heterocycles. The smallest absolute Gasteiger partial charge is 0.253 e. The number of H-pyrrole nitrogens is 1. The Morgan fingerprint density at radius 1 is 1.11 bits per heavy atom. The van der Waals surface area contributed by atoms with Crippen LogP contribution in [0.25, 0.3) is 0 Å². The molecule has 146 valence electrons. The van der Waals surface area contributed by atoms with Gasteiger partial charge in [-0.15, -0.1) is 0 Å². The second-order valence-electron chi connectivity index (χ2n) is 8.11. The van der Waals surface area contributed by atoms with Gasteiger partial charge in [0, 0.05) is 43.2 Å². The van der Waals surface area contributed by atoms with Crippen molar-refractivity contribution < 1.29 is 14.7 Å². The molecule has 1 aromatic heterocycles. The van der Waals surface area contributed by atoms with Crippen molar-refractivity contribution in [1.29, 1.82) is 0 Å². The maximum Gasteiger partial charge on any atom is 0.253 e. The van der Waals surface area contributed by atoms with E-state index in [1.54, 1.807) is 18.5 Å². The molecule has 3 aliphatic rings. The third-order valence-corrected chi connectivity index (χ3v) is 6.45. The quantitative estimate of drug-likeness (QED) is 0.834. The summed E-state index contributed by atoms with van der Waals surface area (Å²) in [6, 6.07) is 6.37. The topological polar surface area (TPSA) is 89.5 Å². The Morgan fingerprint density at radius 3 is 2.50 bits per heavy atom. The van der Waals surface area contributed by atoms with Crippen LogP contribution in [0.3, 0.4) is 0 Å². The highest BCUT2D eigenvalue weighted by Gasteiger charge is 2.51. The summed E-state index contributed by atoms with van der Waals surface area (Å²) in [6.07, 6.45) is 5.92. The first-order valence-corrected chi connectivity index (χ1v) is 10.0. The third kappa shape index (κ3) is 2.68. The van der Waals surface area contributed by atoms with E-state index in [1.165, 1.54) is 12.1 Å². The lowest BCUT2D eigenvalue weighted by Crippen LogP contribution is -2.59. The first-order valence-electron chi connectivity index (χ1n) is 10.0. The fourth-order valence-electron chi connectivity index (χ4n) is 4.72. The number of phenolic OH excluding ortho intramolecular Hbond substituents is 1. The minimum absolute atomic E-state index is 0.0343. The molecular formula is C21H24N4O3.